The van der Waals surface area contributed by atoms with Crippen molar-refractivity contribution in [1.29, 1.82) is 0 Å². The van der Waals surface area contributed by atoms with Crippen molar-refractivity contribution in [3.8, 4) is 0 Å². The zero-order valence-corrected chi connectivity index (χ0v) is 9.67. The minimum atomic E-state index is 1.25. The first-order chi connectivity index (χ1) is 6.88. The number of H-pyrrole nitrogens is 1. The van der Waals surface area contributed by atoms with Crippen LogP contribution in [-0.2, 0) is 0 Å². The van der Waals surface area contributed by atoms with E-state index in [0.717, 1.165) is 0 Å². The molecule has 1 aromatic carbocycles. The zero-order valence-electron chi connectivity index (χ0n) is 9.67. The molecule has 0 atom stereocenters. The van der Waals surface area contributed by atoms with Gasteiger partial charge >= 0.3 is 0 Å². The van der Waals surface area contributed by atoms with Gasteiger partial charge < -0.3 is 4.98 Å². The lowest BCUT2D eigenvalue weighted by molar-refractivity contribution is 1.09. The van der Waals surface area contributed by atoms with Crippen LogP contribution in [-0.4, -0.2) is 4.98 Å². The first-order valence-electron chi connectivity index (χ1n) is 5.40. The van der Waals surface area contributed by atoms with Crippen molar-refractivity contribution in [2.45, 2.75) is 34.1 Å². The van der Waals surface area contributed by atoms with Gasteiger partial charge in [0.2, 0.25) is 0 Å². The lowest BCUT2D eigenvalue weighted by atomic mass is 10.2. The third-order valence-corrected chi connectivity index (χ3v) is 1.47. The maximum absolute atomic E-state index is 3.04. The predicted molar refractivity (Wildman–Crippen MR) is 65.6 cm³/mol. The van der Waals surface area contributed by atoms with E-state index in [2.05, 4.69) is 31.0 Å². The molecule has 14 heavy (non-hydrogen) atoms. The van der Waals surface area contributed by atoms with Gasteiger partial charge in [0.15, 0.2) is 0 Å². The highest BCUT2D eigenvalue weighted by Crippen LogP contribution is 2.10. The van der Waals surface area contributed by atoms with Gasteiger partial charge in [-0.25, -0.2) is 0 Å². The van der Waals surface area contributed by atoms with Crippen molar-refractivity contribution in [1.82, 2.24) is 4.98 Å². The Balaban J connectivity index is 0.000000294. The second-order valence-corrected chi connectivity index (χ2v) is 2.79. The van der Waals surface area contributed by atoms with Gasteiger partial charge in [0.1, 0.15) is 0 Å². The Labute approximate surface area is 87.2 Å². The van der Waals surface area contributed by atoms with Crippen LogP contribution in [0, 0.1) is 0 Å². The molecule has 1 N–H and O–H groups in total. The van der Waals surface area contributed by atoms with E-state index in [9.17, 15) is 0 Å². The van der Waals surface area contributed by atoms with Crippen LogP contribution in [0.15, 0.2) is 36.7 Å². The molecule has 1 heterocycles. The fourth-order valence-corrected chi connectivity index (χ4v) is 0.995. The number of hydrogen-bond acceptors (Lipinski definition) is 0. The van der Waals surface area contributed by atoms with E-state index in [4.69, 9.17) is 0 Å². The van der Waals surface area contributed by atoms with Gasteiger partial charge in [-0.1, -0.05) is 58.4 Å². The third kappa shape index (κ3) is 4.13. The second kappa shape index (κ2) is 8.36. The summed E-state index contributed by atoms with van der Waals surface area (Å²) in [5, 5.41) is 2.55. The van der Waals surface area contributed by atoms with Gasteiger partial charge in [0, 0.05) is 12.4 Å². The van der Waals surface area contributed by atoms with Crippen molar-refractivity contribution < 1.29 is 0 Å². The van der Waals surface area contributed by atoms with Crippen molar-refractivity contribution in [3.05, 3.63) is 36.7 Å². The first kappa shape index (κ1) is 12.8. The lowest BCUT2D eigenvalue weighted by Crippen LogP contribution is -1.57. The number of aromatic nitrogens is 1. The van der Waals surface area contributed by atoms with E-state index >= 15 is 0 Å². The minimum Gasteiger partial charge on any atom is -0.366 e. The second-order valence-electron chi connectivity index (χ2n) is 2.79. The molecule has 0 bridgehead atoms. The first-order valence-corrected chi connectivity index (χ1v) is 5.40. The molecular formula is C13H21N. The lowest BCUT2D eigenvalue weighted by Gasteiger charge is -1.81. The Kier molecular flexibility index (Phi) is 7.62. The molecule has 0 aliphatic carbocycles. The molecule has 0 aliphatic rings. The molecule has 0 amide bonds. The van der Waals surface area contributed by atoms with E-state index in [1.807, 2.05) is 38.4 Å². The number of nitrogens with one attached hydrogen (secondary N) is 1. The standard InChI is InChI=1S/C8H7N.C3H8.C2H6/c1-2-4-8-6-9-5-7(8)3-1;1-3-2;1-2/h1-6,9H;3H2,1-2H3;1-2H3. The maximum atomic E-state index is 3.04. The van der Waals surface area contributed by atoms with E-state index in [1.54, 1.807) is 0 Å². The fraction of sp³-hybridized carbons (Fsp3) is 0.385. The van der Waals surface area contributed by atoms with Crippen LogP contribution in [0.2, 0.25) is 0 Å². The highest BCUT2D eigenvalue weighted by atomic mass is 14.6. The van der Waals surface area contributed by atoms with Crippen LogP contribution < -0.4 is 0 Å². The molecule has 1 aromatic heterocycles. The number of hydrogen-bond donors (Lipinski definition) is 1. The molecule has 1 nitrogen and oxygen atoms in total. The van der Waals surface area contributed by atoms with Gasteiger partial charge in [0.25, 0.3) is 0 Å². The highest BCUT2D eigenvalue weighted by molar-refractivity contribution is 5.81. The van der Waals surface area contributed by atoms with E-state index < -0.39 is 0 Å². The average molecular weight is 191 g/mol. The van der Waals surface area contributed by atoms with Crippen LogP contribution in [0.25, 0.3) is 10.8 Å². The van der Waals surface area contributed by atoms with Gasteiger partial charge in [-0.3, -0.25) is 0 Å². The topological polar surface area (TPSA) is 15.8 Å². The van der Waals surface area contributed by atoms with Crippen LogP contribution in [0.3, 0.4) is 0 Å². The van der Waals surface area contributed by atoms with Crippen molar-refractivity contribution >= 4 is 10.8 Å². The molecule has 1 heteroatoms. The summed E-state index contributed by atoms with van der Waals surface area (Å²) in [4.78, 5) is 3.04. The van der Waals surface area contributed by atoms with Crippen LogP contribution >= 0.6 is 0 Å². The number of benzene rings is 1. The summed E-state index contributed by atoms with van der Waals surface area (Å²) >= 11 is 0. The van der Waals surface area contributed by atoms with E-state index in [0.29, 0.717) is 0 Å². The van der Waals surface area contributed by atoms with Crippen molar-refractivity contribution in [2.75, 3.05) is 0 Å². The summed E-state index contributed by atoms with van der Waals surface area (Å²) < 4.78 is 0. The number of fused-ring (bicyclic) bond motifs is 1. The summed E-state index contributed by atoms with van der Waals surface area (Å²) in [6, 6.07) is 8.25. The summed E-state index contributed by atoms with van der Waals surface area (Å²) in [6.45, 7) is 8.25. The monoisotopic (exact) mass is 191 g/mol. The highest BCUT2D eigenvalue weighted by Gasteiger charge is 1.86. The van der Waals surface area contributed by atoms with Crippen LogP contribution in [0.1, 0.15) is 34.1 Å². The van der Waals surface area contributed by atoms with Gasteiger partial charge in [-0.15, -0.1) is 0 Å². The molecule has 0 unspecified atom stereocenters. The molecule has 2 aromatic rings. The summed E-state index contributed by atoms with van der Waals surface area (Å²) in [6.07, 6.45) is 5.24. The maximum Gasteiger partial charge on any atom is 0.00843 e. The van der Waals surface area contributed by atoms with E-state index in [-0.39, 0.29) is 0 Å². The molecule has 0 spiro atoms. The summed E-state index contributed by atoms with van der Waals surface area (Å²) in [5.74, 6) is 0. The minimum absolute atomic E-state index is 1.25. The molecule has 0 saturated heterocycles. The normalized spacial score (nSPS) is 8.29. The van der Waals surface area contributed by atoms with Gasteiger partial charge in [-0.2, -0.15) is 0 Å². The van der Waals surface area contributed by atoms with E-state index in [1.165, 1.54) is 17.2 Å². The number of aromatic amines is 1. The smallest absolute Gasteiger partial charge is 0.00843 e. The average Bonchev–Trinajstić information content (AvgIpc) is 2.69. The van der Waals surface area contributed by atoms with Crippen LogP contribution in [0.5, 0.6) is 0 Å². The molecule has 0 aliphatic heterocycles. The molecule has 0 saturated carbocycles. The van der Waals surface area contributed by atoms with Gasteiger partial charge in [0.05, 0.1) is 0 Å². The van der Waals surface area contributed by atoms with Crippen molar-refractivity contribution in [2.24, 2.45) is 0 Å². The Bertz CT molecular complexity index is 292. The molecule has 2 rings (SSSR count). The Morgan fingerprint density at radius 1 is 0.929 bits per heavy atom. The summed E-state index contributed by atoms with van der Waals surface area (Å²) in [7, 11) is 0. The molecule has 0 fully saturated rings. The Morgan fingerprint density at radius 2 is 1.29 bits per heavy atom. The Hall–Kier alpha value is -1.24. The largest absolute Gasteiger partial charge is 0.366 e. The van der Waals surface area contributed by atoms with Crippen LogP contribution in [0.4, 0.5) is 0 Å². The molecular weight excluding hydrogens is 170 g/mol. The molecule has 78 valence electrons. The SMILES string of the molecule is CC.CCC.c1ccc2c[nH]cc2c1. The van der Waals surface area contributed by atoms with Crippen molar-refractivity contribution in [3.63, 3.8) is 0 Å². The third-order valence-electron chi connectivity index (χ3n) is 1.47. The molecule has 0 radical (unpaired) electrons. The van der Waals surface area contributed by atoms with Gasteiger partial charge in [-0.05, 0) is 10.8 Å². The Morgan fingerprint density at radius 3 is 1.64 bits per heavy atom. The predicted octanol–water partition coefficient (Wildman–Crippen LogP) is 4.61. The number of rotatable bonds is 0. The zero-order chi connectivity index (χ0) is 10.8. The summed E-state index contributed by atoms with van der Waals surface area (Å²) in [5.41, 5.74) is 0. The fourth-order valence-electron chi connectivity index (χ4n) is 0.995. The quantitative estimate of drug-likeness (QED) is 0.626.